The molecule has 2 unspecified atom stereocenters. The van der Waals surface area contributed by atoms with E-state index in [2.05, 4.69) is 28.6 Å². The molecule has 2 aliphatic rings. The second kappa shape index (κ2) is 7.39. The molecule has 1 aromatic carbocycles. The molecule has 8 nitrogen and oxygen atoms in total. The Hall–Kier alpha value is -2.94. The number of hydrogen-bond acceptors (Lipinski definition) is 6. The molecule has 1 fully saturated rings. The van der Waals surface area contributed by atoms with Gasteiger partial charge in [0.05, 0.1) is 24.7 Å². The first-order chi connectivity index (χ1) is 14.5. The van der Waals surface area contributed by atoms with E-state index in [1.807, 2.05) is 30.5 Å². The van der Waals surface area contributed by atoms with Crippen LogP contribution in [0.4, 0.5) is 5.82 Å². The van der Waals surface area contributed by atoms with Gasteiger partial charge in [0.2, 0.25) is 5.91 Å². The molecule has 0 aliphatic carbocycles. The molecule has 0 radical (unpaired) electrons. The fourth-order valence-electron chi connectivity index (χ4n) is 4.02. The van der Waals surface area contributed by atoms with Gasteiger partial charge in [0.25, 0.3) is 0 Å². The maximum absolute atomic E-state index is 12.1. The number of ether oxygens (including phenoxy) is 1. The van der Waals surface area contributed by atoms with Crippen LogP contribution >= 0.6 is 0 Å². The van der Waals surface area contributed by atoms with E-state index in [0.717, 1.165) is 46.7 Å². The summed E-state index contributed by atoms with van der Waals surface area (Å²) < 4.78 is 22.1. The molecule has 3 aromatic rings. The predicted molar refractivity (Wildman–Crippen MR) is 115 cm³/mol. The van der Waals surface area contributed by atoms with Crippen molar-refractivity contribution in [3.05, 3.63) is 36.7 Å². The van der Waals surface area contributed by atoms with E-state index in [1.54, 1.807) is 10.9 Å². The van der Waals surface area contributed by atoms with Crippen molar-refractivity contribution < 1.29 is 13.7 Å². The molecule has 0 spiro atoms. The Kier molecular flexibility index (Phi) is 4.69. The van der Waals surface area contributed by atoms with Crippen LogP contribution < -0.4 is 14.4 Å². The zero-order valence-electron chi connectivity index (χ0n) is 16.9. The minimum absolute atomic E-state index is 0.171. The summed E-state index contributed by atoms with van der Waals surface area (Å²) in [5.41, 5.74) is 2.82. The summed E-state index contributed by atoms with van der Waals surface area (Å²) in [6, 6.07) is 8.01. The third-order valence-electron chi connectivity index (χ3n) is 5.36. The number of anilines is 1. The van der Waals surface area contributed by atoms with Gasteiger partial charge in [-0.25, -0.2) is 13.9 Å². The van der Waals surface area contributed by atoms with Crippen LogP contribution in [0.1, 0.15) is 25.6 Å². The third-order valence-corrected chi connectivity index (χ3v) is 6.65. The molecular formula is C21H23N5O3S. The Labute approximate surface area is 176 Å². The number of rotatable bonds is 4. The van der Waals surface area contributed by atoms with Gasteiger partial charge in [-0.15, -0.1) is 0 Å². The molecule has 1 saturated heterocycles. The van der Waals surface area contributed by atoms with Crippen molar-refractivity contribution in [2.24, 2.45) is 5.92 Å². The monoisotopic (exact) mass is 425 g/mol. The first kappa shape index (κ1) is 19.0. The SMILES string of the molecule is CC(C)CN1CCOc2cc(-c3ccc4c(cnn4C4CC(=O)NS4=O)c3)cnc21. The summed E-state index contributed by atoms with van der Waals surface area (Å²) in [6.07, 6.45) is 3.79. The minimum Gasteiger partial charge on any atom is -0.488 e. The average Bonchev–Trinajstić information content (AvgIpc) is 3.28. The summed E-state index contributed by atoms with van der Waals surface area (Å²) in [4.78, 5) is 18.5. The fraction of sp³-hybridized carbons (Fsp3) is 0.381. The highest BCUT2D eigenvalue weighted by molar-refractivity contribution is 7.84. The molecule has 156 valence electrons. The van der Waals surface area contributed by atoms with E-state index in [0.29, 0.717) is 12.5 Å². The molecule has 1 N–H and O–H groups in total. The number of nitrogens with zero attached hydrogens (tertiary/aromatic N) is 4. The second-order valence-electron chi connectivity index (χ2n) is 8.08. The van der Waals surface area contributed by atoms with Crippen molar-refractivity contribution in [3.63, 3.8) is 0 Å². The van der Waals surface area contributed by atoms with Crippen LogP contribution in [0.2, 0.25) is 0 Å². The number of carbonyl (C=O) groups excluding carboxylic acids is 1. The number of hydrogen-bond donors (Lipinski definition) is 1. The van der Waals surface area contributed by atoms with Gasteiger partial charge < -0.3 is 9.64 Å². The smallest absolute Gasteiger partial charge is 0.234 e. The van der Waals surface area contributed by atoms with E-state index in [-0.39, 0.29) is 12.3 Å². The van der Waals surface area contributed by atoms with E-state index in [4.69, 9.17) is 9.72 Å². The lowest BCUT2D eigenvalue weighted by Gasteiger charge is -2.31. The predicted octanol–water partition coefficient (Wildman–Crippen LogP) is 2.64. The summed E-state index contributed by atoms with van der Waals surface area (Å²) in [7, 11) is -1.46. The van der Waals surface area contributed by atoms with Gasteiger partial charge in [-0.1, -0.05) is 19.9 Å². The van der Waals surface area contributed by atoms with Gasteiger partial charge in [-0.05, 0) is 29.7 Å². The van der Waals surface area contributed by atoms with Crippen LogP contribution in [0.3, 0.4) is 0 Å². The number of benzene rings is 1. The van der Waals surface area contributed by atoms with Crippen LogP contribution in [-0.2, 0) is 15.8 Å². The standard InChI is InChI=1S/C21H23N5O3S/c1-13(2)12-25-5-6-29-18-8-15(10-22-21(18)25)14-3-4-17-16(7-14)11-23-26(17)20-9-19(27)24-30(20)28/h3-4,7-8,10-11,13,20H,5-6,9,12H2,1-2H3,(H,24,27). The Morgan fingerprint density at radius 2 is 2.13 bits per heavy atom. The Morgan fingerprint density at radius 3 is 2.90 bits per heavy atom. The van der Waals surface area contributed by atoms with Gasteiger partial charge in [0.15, 0.2) is 16.9 Å². The average molecular weight is 426 g/mol. The van der Waals surface area contributed by atoms with Crippen LogP contribution in [0.15, 0.2) is 36.7 Å². The number of pyridine rings is 1. The van der Waals surface area contributed by atoms with Crippen molar-refractivity contribution in [1.82, 2.24) is 19.5 Å². The molecule has 1 amide bonds. The molecule has 5 rings (SSSR count). The molecule has 9 heteroatoms. The molecule has 4 heterocycles. The van der Waals surface area contributed by atoms with Gasteiger partial charge in [0.1, 0.15) is 17.6 Å². The van der Waals surface area contributed by atoms with Crippen molar-refractivity contribution in [2.45, 2.75) is 25.6 Å². The number of nitrogens with one attached hydrogen (secondary N) is 1. The first-order valence-electron chi connectivity index (χ1n) is 10.0. The lowest BCUT2D eigenvalue weighted by Crippen LogP contribution is -2.36. The fourth-order valence-corrected chi connectivity index (χ4v) is 5.12. The summed E-state index contributed by atoms with van der Waals surface area (Å²) >= 11 is 0. The normalized spacial score (nSPS) is 21.0. The Balaban J connectivity index is 1.47. The minimum atomic E-state index is -1.46. The number of aromatic nitrogens is 3. The number of fused-ring (bicyclic) bond motifs is 2. The maximum Gasteiger partial charge on any atom is 0.234 e. The van der Waals surface area contributed by atoms with E-state index < -0.39 is 16.4 Å². The van der Waals surface area contributed by atoms with Gasteiger partial charge in [0, 0.05) is 23.7 Å². The lowest BCUT2D eigenvalue weighted by atomic mass is 10.1. The van der Waals surface area contributed by atoms with Crippen LogP contribution in [0, 0.1) is 5.92 Å². The zero-order valence-corrected chi connectivity index (χ0v) is 17.7. The molecular weight excluding hydrogens is 402 g/mol. The highest BCUT2D eigenvalue weighted by Gasteiger charge is 2.32. The van der Waals surface area contributed by atoms with Gasteiger partial charge in [-0.2, -0.15) is 5.10 Å². The van der Waals surface area contributed by atoms with Gasteiger partial charge >= 0.3 is 0 Å². The van der Waals surface area contributed by atoms with Crippen molar-refractivity contribution in [2.75, 3.05) is 24.6 Å². The van der Waals surface area contributed by atoms with Crippen LogP contribution in [0.5, 0.6) is 5.75 Å². The number of amides is 1. The summed E-state index contributed by atoms with van der Waals surface area (Å²) in [5.74, 6) is 2.04. The molecule has 2 aliphatic heterocycles. The largest absolute Gasteiger partial charge is 0.488 e. The highest BCUT2D eigenvalue weighted by atomic mass is 32.2. The quantitative estimate of drug-likeness (QED) is 0.691. The van der Waals surface area contributed by atoms with Crippen molar-refractivity contribution in [3.8, 4) is 16.9 Å². The molecule has 30 heavy (non-hydrogen) atoms. The second-order valence-corrected chi connectivity index (χ2v) is 9.42. The third kappa shape index (κ3) is 3.32. The lowest BCUT2D eigenvalue weighted by molar-refractivity contribution is -0.118. The Morgan fingerprint density at radius 1 is 1.27 bits per heavy atom. The van der Waals surface area contributed by atoms with E-state index >= 15 is 0 Å². The number of carbonyl (C=O) groups is 1. The molecule has 0 saturated carbocycles. The highest BCUT2D eigenvalue weighted by Crippen LogP contribution is 2.35. The van der Waals surface area contributed by atoms with Gasteiger partial charge in [-0.3, -0.25) is 9.52 Å². The first-order valence-corrected chi connectivity index (χ1v) is 11.3. The van der Waals surface area contributed by atoms with Crippen LogP contribution in [-0.4, -0.2) is 44.6 Å². The van der Waals surface area contributed by atoms with Crippen molar-refractivity contribution in [1.29, 1.82) is 0 Å². The van der Waals surface area contributed by atoms with E-state index in [1.165, 1.54) is 0 Å². The Bertz CT molecular complexity index is 1160. The molecule has 2 aromatic heterocycles. The van der Waals surface area contributed by atoms with E-state index in [9.17, 15) is 9.00 Å². The maximum atomic E-state index is 12.1. The van der Waals surface area contributed by atoms with Crippen LogP contribution in [0.25, 0.3) is 22.0 Å². The molecule has 0 bridgehead atoms. The summed E-state index contributed by atoms with van der Waals surface area (Å²) in [6.45, 7) is 6.86. The topological polar surface area (TPSA) is 89.4 Å². The molecule has 2 atom stereocenters. The summed E-state index contributed by atoms with van der Waals surface area (Å²) in [5, 5.41) is 4.83. The van der Waals surface area contributed by atoms with Crippen molar-refractivity contribution >= 4 is 33.6 Å². The zero-order chi connectivity index (χ0) is 20.8.